The highest BCUT2D eigenvalue weighted by atomic mass is 16.3. The van der Waals surface area contributed by atoms with Gasteiger partial charge in [-0.2, -0.15) is 0 Å². The average molecular weight is 247 g/mol. The average Bonchev–Trinajstić information content (AvgIpc) is 2.31. The third-order valence-electron chi connectivity index (χ3n) is 4.01. The topological polar surface area (TPSA) is 23.5 Å². The third kappa shape index (κ3) is 3.82. The van der Waals surface area contributed by atoms with E-state index in [2.05, 4.69) is 31.0 Å². The van der Waals surface area contributed by atoms with Crippen LogP contribution in [0.4, 0.5) is 0 Å². The molecule has 1 N–H and O–H groups in total. The highest BCUT2D eigenvalue weighted by Crippen LogP contribution is 2.27. The van der Waals surface area contributed by atoms with Crippen LogP contribution in [-0.2, 0) is 0 Å². The summed E-state index contributed by atoms with van der Waals surface area (Å²) in [6.07, 6.45) is 4.70. The zero-order valence-corrected chi connectivity index (χ0v) is 11.6. The number of nitrogens with zero attached hydrogens (tertiary/aromatic N) is 1. The maximum absolute atomic E-state index is 10.2. The lowest BCUT2D eigenvalue weighted by Crippen LogP contribution is -2.30. The normalized spacial score (nSPS) is 17.8. The van der Waals surface area contributed by atoms with E-state index in [0.717, 1.165) is 24.4 Å². The van der Waals surface area contributed by atoms with Crippen LogP contribution in [0.25, 0.3) is 0 Å². The molecule has 0 bridgehead atoms. The molecule has 1 saturated carbocycles. The van der Waals surface area contributed by atoms with Gasteiger partial charge in [-0.15, -0.1) is 0 Å². The predicted octanol–water partition coefficient (Wildman–Crippen LogP) is 3.15. The van der Waals surface area contributed by atoms with E-state index in [0.29, 0.717) is 0 Å². The van der Waals surface area contributed by atoms with Crippen molar-refractivity contribution in [3.63, 3.8) is 0 Å². The molecule has 2 rings (SSSR count). The molecule has 100 valence electrons. The maximum Gasteiger partial charge on any atom is 0.0802 e. The summed E-state index contributed by atoms with van der Waals surface area (Å²) >= 11 is 0. The molecule has 0 aliphatic heterocycles. The molecule has 2 heteroatoms. The van der Waals surface area contributed by atoms with Crippen molar-refractivity contribution in [2.45, 2.75) is 38.7 Å². The standard InChI is InChI=1S/C16H25NO/c1-13-5-3-8-15(11-13)16(18)9-10-17(2)12-14-6-4-7-14/h3,5,8,11,14,16,18H,4,6-7,9-10,12H2,1-2H3. The number of aliphatic hydroxyl groups excluding tert-OH is 1. The van der Waals surface area contributed by atoms with Crippen molar-refractivity contribution in [2.75, 3.05) is 20.1 Å². The van der Waals surface area contributed by atoms with Crippen LogP contribution >= 0.6 is 0 Å². The van der Waals surface area contributed by atoms with Crippen molar-refractivity contribution in [1.82, 2.24) is 4.90 Å². The third-order valence-corrected chi connectivity index (χ3v) is 4.01. The van der Waals surface area contributed by atoms with Gasteiger partial charge in [0.15, 0.2) is 0 Å². The second-order valence-corrected chi connectivity index (χ2v) is 5.78. The Hall–Kier alpha value is -0.860. The van der Waals surface area contributed by atoms with Gasteiger partial charge in [0.25, 0.3) is 0 Å². The van der Waals surface area contributed by atoms with E-state index in [9.17, 15) is 5.11 Å². The molecule has 18 heavy (non-hydrogen) atoms. The highest BCUT2D eigenvalue weighted by Gasteiger charge is 2.19. The van der Waals surface area contributed by atoms with Crippen LogP contribution in [0.3, 0.4) is 0 Å². The van der Waals surface area contributed by atoms with Gasteiger partial charge in [0.2, 0.25) is 0 Å². The Balaban J connectivity index is 1.75. The fraction of sp³-hybridized carbons (Fsp3) is 0.625. The fourth-order valence-electron chi connectivity index (χ4n) is 2.59. The SMILES string of the molecule is Cc1cccc(C(O)CCN(C)CC2CCC2)c1. The van der Waals surface area contributed by atoms with Gasteiger partial charge in [0.1, 0.15) is 0 Å². The van der Waals surface area contributed by atoms with E-state index in [1.54, 1.807) is 0 Å². The van der Waals surface area contributed by atoms with E-state index in [-0.39, 0.29) is 6.10 Å². The maximum atomic E-state index is 10.2. The summed E-state index contributed by atoms with van der Waals surface area (Å²) in [5, 5.41) is 10.2. The highest BCUT2D eigenvalue weighted by molar-refractivity contribution is 5.23. The minimum atomic E-state index is -0.325. The van der Waals surface area contributed by atoms with Gasteiger partial charge < -0.3 is 10.0 Å². The lowest BCUT2D eigenvalue weighted by atomic mass is 9.85. The summed E-state index contributed by atoms with van der Waals surface area (Å²) in [4.78, 5) is 2.36. The molecule has 1 fully saturated rings. The van der Waals surface area contributed by atoms with Crippen LogP contribution in [0.1, 0.15) is 42.9 Å². The zero-order valence-electron chi connectivity index (χ0n) is 11.6. The van der Waals surface area contributed by atoms with Gasteiger partial charge in [0.05, 0.1) is 6.10 Å². The lowest BCUT2D eigenvalue weighted by molar-refractivity contribution is 0.135. The van der Waals surface area contributed by atoms with Gasteiger partial charge in [-0.05, 0) is 44.7 Å². The quantitative estimate of drug-likeness (QED) is 0.834. The first-order valence-corrected chi connectivity index (χ1v) is 7.08. The Morgan fingerprint density at radius 3 is 2.78 bits per heavy atom. The number of hydrogen-bond donors (Lipinski definition) is 1. The molecule has 0 amide bonds. The zero-order chi connectivity index (χ0) is 13.0. The molecule has 0 spiro atoms. The Morgan fingerprint density at radius 2 is 2.17 bits per heavy atom. The summed E-state index contributed by atoms with van der Waals surface area (Å²) in [7, 11) is 2.17. The van der Waals surface area contributed by atoms with Crippen molar-refractivity contribution in [3.05, 3.63) is 35.4 Å². The van der Waals surface area contributed by atoms with Crippen LogP contribution in [0.5, 0.6) is 0 Å². The number of rotatable bonds is 6. The van der Waals surface area contributed by atoms with Crippen LogP contribution in [0.2, 0.25) is 0 Å². The lowest BCUT2D eigenvalue weighted by Gasteiger charge is -2.30. The second kappa shape index (κ2) is 6.35. The van der Waals surface area contributed by atoms with E-state index in [4.69, 9.17) is 0 Å². The van der Waals surface area contributed by atoms with Crippen LogP contribution < -0.4 is 0 Å². The van der Waals surface area contributed by atoms with Crippen molar-refractivity contribution in [2.24, 2.45) is 5.92 Å². The first kappa shape index (κ1) is 13.6. The van der Waals surface area contributed by atoms with E-state index in [1.165, 1.54) is 31.4 Å². The fourth-order valence-corrected chi connectivity index (χ4v) is 2.59. The summed E-state index contributed by atoms with van der Waals surface area (Å²) in [5.74, 6) is 0.908. The largest absolute Gasteiger partial charge is 0.388 e. The minimum absolute atomic E-state index is 0.325. The van der Waals surface area contributed by atoms with Gasteiger partial charge in [-0.25, -0.2) is 0 Å². The van der Waals surface area contributed by atoms with Gasteiger partial charge in [0, 0.05) is 13.1 Å². The molecule has 1 aliphatic carbocycles. The first-order valence-electron chi connectivity index (χ1n) is 7.08. The number of aryl methyl sites for hydroxylation is 1. The first-order chi connectivity index (χ1) is 8.65. The minimum Gasteiger partial charge on any atom is -0.388 e. The smallest absolute Gasteiger partial charge is 0.0802 e. The number of benzene rings is 1. The molecule has 2 nitrogen and oxygen atoms in total. The Kier molecular flexibility index (Phi) is 4.79. The van der Waals surface area contributed by atoms with Crippen LogP contribution in [-0.4, -0.2) is 30.1 Å². The van der Waals surface area contributed by atoms with Gasteiger partial charge in [-0.3, -0.25) is 0 Å². The summed E-state index contributed by atoms with van der Waals surface area (Å²) in [5.41, 5.74) is 2.27. The van der Waals surface area contributed by atoms with Gasteiger partial charge >= 0.3 is 0 Å². The summed E-state index contributed by atoms with van der Waals surface area (Å²) in [6.45, 7) is 4.24. The molecule has 0 radical (unpaired) electrons. The van der Waals surface area contributed by atoms with Crippen molar-refractivity contribution < 1.29 is 5.11 Å². The molecule has 1 aromatic carbocycles. The monoisotopic (exact) mass is 247 g/mol. The van der Waals surface area contributed by atoms with Crippen molar-refractivity contribution >= 4 is 0 Å². The second-order valence-electron chi connectivity index (χ2n) is 5.78. The van der Waals surface area contributed by atoms with E-state index >= 15 is 0 Å². The molecular formula is C16H25NO. The van der Waals surface area contributed by atoms with E-state index in [1.807, 2.05) is 12.1 Å². The van der Waals surface area contributed by atoms with E-state index < -0.39 is 0 Å². The van der Waals surface area contributed by atoms with Crippen LogP contribution in [0, 0.1) is 12.8 Å². The predicted molar refractivity (Wildman–Crippen MR) is 75.6 cm³/mol. The molecule has 1 atom stereocenters. The molecule has 0 heterocycles. The molecule has 1 aliphatic rings. The molecule has 1 unspecified atom stereocenters. The molecule has 0 aromatic heterocycles. The van der Waals surface area contributed by atoms with Gasteiger partial charge in [-0.1, -0.05) is 36.2 Å². The van der Waals surface area contributed by atoms with Crippen molar-refractivity contribution in [3.8, 4) is 0 Å². The number of aliphatic hydroxyl groups is 1. The molecule has 1 aromatic rings. The number of hydrogen-bond acceptors (Lipinski definition) is 2. The Morgan fingerprint density at radius 1 is 1.39 bits per heavy atom. The Labute approximate surface area is 111 Å². The van der Waals surface area contributed by atoms with Crippen LogP contribution in [0.15, 0.2) is 24.3 Å². The van der Waals surface area contributed by atoms with Crippen molar-refractivity contribution in [1.29, 1.82) is 0 Å². The summed E-state index contributed by atoms with van der Waals surface area (Å²) in [6, 6.07) is 8.19. The molecular weight excluding hydrogens is 222 g/mol. The molecule has 0 saturated heterocycles. The summed E-state index contributed by atoms with van der Waals surface area (Å²) < 4.78 is 0. The Bertz CT molecular complexity index is 373.